The zero-order chi connectivity index (χ0) is 5.21. The van der Waals surface area contributed by atoms with E-state index in [4.69, 9.17) is 8.42 Å². The van der Waals surface area contributed by atoms with Crippen molar-refractivity contribution < 1.29 is 47.8 Å². The Balaban J connectivity index is -0.000000125. The summed E-state index contributed by atoms with van der Waals surface area (Å²) in [5, 5.41) is 0. The molecule has 40 valence electrons. The molecular weight excluding hydrogens is 139 g/mol. The van der Waals surface area contributed by atoms with E-state index >= 15 is 0 Å². The third-order valence-electron chi connectivity index (χ3n) is 0.0922. The van der Waals surface area contributed by atoms with Crippen molar-refractivity contribution in [2.24, 2.45) is 0 Å². The Kier molecular flexibility index (Phi) is 5.70. The third kappa shape index (κ3) is 10.8. The molecule has 0 bridgehead atoms. The third-order valence-corrected chi connectivity index (χ3v) is 0.276. The van der Waals surface area contributed by atoms with Gasteiger partial charge in [0.2, 0.25) is 0 Å². The monoisotopic (exact) mass is 141 g/mol. The van der Waals surface area contributed by atoms with Gasteiger partial charge in [-0.05, 0) is 4.94 Å². The molecule has 0 unspecified atom stereocenters. The average Bonchev–Trinajstić information content (AvgIpc) is 1.35. The van der Waals surface area contributed by atoms with Crippen LogP contribution in [-0.2, 0) is 10.4 Å². The van der Waals surface area contributed by atoms with E-state index in [9.17, 15) is 8.37 Å². The molecule has 0 spiro atoms. The number of halogens is 2. The van der Waals surface area contributed by atoms with Crippen LogP contribution in [0.3, 0.4) is 0 Å². The molecule has 0 aromatic carbocycles. The molecule has 0 aromatic rings. The zero-order valence-electron chi connectivity index (χ0n) is 4.48. The summed E-state index contributed by atoms with van der Waals surface area (Å²) in [6.07, 6.45) is 0. The standard InChI is InChI=1S/F2HNO2S.Na.H/c1-3-6(2,4)5;;/h3H;;/q;+1;-1. The Bertz CT molecular complexity index is 122. The van der Waals surface area contributed by atoms with Crippen LogP contribution in [0, 0.1) is 0 Å². The van der Waals surface area contributed by atoms with Gasteiger partial charge < -0.3 is 1.43 Å². The first kappa shape index (κ1) is 10.7. The molecule has 0 saturated carbocycles. The molecule has 0 radical (unpaired) electrons. The van der Waals surface area contributed by atoms with Crippen molar-refractivity contribution in [3.05, 3.63) is 0 Å². The fourth-order valence-corrected chi connectivity index (χ4v) is 0. The van der Waals surface area contributed by atoms with E-state index in [1.165, 1.54) is 0 Å². The van der Waals surface area contributed by atoms with Crippen LogP contribution in [0.5, 0.6) is 0 Å². The van der Waals surface area contributed by atoms with E-state index in [2.05, 4.69) is 0 Å². The molecule has 1 N–H and O–H groups in total. The molecule has 0 rings (SSSR count). The number of rotatable bonds is 1. The molecule has 0 atom stereocenters. The summed E-state index contributed by atoms with van der Waals surface area (Å²) in [6, 6.07) is 0. The van der Waals surface area contributed by atoms with Gasteiger partial charge in [-0.25, -0.2) is 0 Å². The minimum absolute atomic E-state index is 0. The minimum atomic E-state index is -5.08. The van der Waals surface area contributed by atoms with Gasteiger partial charge in [-0.15, -0.1) is 4.48 Å². The van der Waals surface area contributed by atoms with Gasteiger partial charge in [0.25, 0.3) is 0 Å². The first-order chi connectivity index (χ1) is 2.56. The Morgan fingerprint density at radius 1 is 1.57 bits per heavy atom. The van der Waals surface area contributed by atoms with Crippen LogP contribution in [0.4, 0.5) is 8.37 Å². The Labute approximate surface area is 63.1 Å². The van der Waals surface area contributed by atoms with Crippen LogP contribution in [0.1, 0.15) is 1.43 Å². The van der Waals surface area contributed by atoms with Gasteiger partial charge in [0, 0.05) is 0 Å². The van der Waals surface area contributed by atoms with E-state index in [-0.39, 0.29) is 35.9 Å². The van der Waals surface area contributed by atoms with Gasteiger partial charge in [0.05, 0.1) is 0 Å². The number of hydrogen-bond acceptors (Lipinski definition) is 2. The topological polar surface area (TPSA) is 46.2 Å². The second-order valence-corrected chi connectivity index (χ2v) is 1.54. The van der Waals surface area contributed by atoms with Crippen molar-refractivity contribution >= 4 is 10.4 Å². The van der Waals surface area contributed by atoms with Crippen molar-refractivity contribution in [1.29, 1.82) is 0 Å². The van der Waals surface area contributed by atoms with Crippen LogP contribution in [0.2, 0.25) is 0 Å². The summed E-state index contributed by atoms with van der Waals surface area (Å²) in [7, 11) is -5.08. The second-order valence-electron chi connectivity index (χ2n) is 0.515. The summed E-state index contributed by atoms with van der Waals surface area (Å²) >= 11 is 0. The minimum Gasteiger partial charge on any atom is -1.00 e. The maximum atomic E-state index is 10.6. The summed E-state index contributed by atoms with van der Waals surface area (Å²) in [5.41, 5.74) is 0. The van der Waals surface area contributed by atoms with Crippen LogP contribution >= 0.6 is 0 Å². The van der Waals surface area contributed by atoms with Gasteiger partial charge in [-0.3, -0.25) is 0 Å². The molecular formula is H2F2NNaO2S. The van der Waals surface area contributed by atoms with Gasteiger partial charge >= 0.3 is 40.0 Å². The van der Waals surface area contributed by atoms with E-state index in [1.807, 2.05) is 0 Å². The largest absolute Gasteiger partial charge is 1.00 e. The maximum Gasteiger partial charge on any atom is 1.00 e. The fourth-order valence-electron chi connectivity index (χ4n) is 0. The van der Waals surface area contributed by atoms with Crippen LogP contribution in [-0.4, -0.2) is 8.42 Å². The Morgan fingerprint density at radius 3 is 1.71 bits per heavy atom. The average molecular weight is 141 g/mol. The van der Waals surface area contributed by atoms with Crippen LogP contribution < -0.4 is 34.5 Å². The molecule has 0 fully saturated rings. The summed E-state index contributed by atoms with van der Waals surface area (Å²) < 4.78 is 38.6. The summed E-state index contributed by atoms with van der Waals surface area (Å²) in [4.78, 5) is -0.0903. The van der Waals surface area contributed by atoms with E-state index in [0.29, 0.717) is 0 Å². The van der Waals surface area contributed by atoms with Crippen molar-refractivity contribution in [3.8, 4) is 0 Å². The van der Waals surface area contributed by atoms with E-state index in [1.54, 1.807) is 0 Å². The molecule has 0 aromatic heterocycles. The maximum absolute atomic E-state index is 10.6. The quantitative estimate of drug-likeness (QED) is 0.237. The summed E-state index contributed by atoms with van der Waals surface area (Å²) in [6.45, 7) is 0. The molecule has 0 amide bonds. The number of nitrogens with one attached hydrogen (secondary N) is 1. The molecule has 0 saturated heterocycles. The summed E-state index contributed by atoms with van der Waals surface area (Å²) in [5.74, 6) is 0. The van der Waals surface area contributed by atoms with Crippen molar-refractivity contribution in [2.75, 3.05) is 0 Å². The van der Waals surface area contributed by atoms with Crippen LogP contribution in [0.15, 0.2) is 0 Å². The zero-order valence-corrected chi connectivity index (χ0v) is 6.30. The first-order valence-corrected chi connectivity index (χ1v) is 2.26. The normalized spacial score (nSPS) is 10.0. The molecule has 3 nitrogen and oxygen atoms in total. The molecule has 0 aliphatic carbocycles. The van der Waals surface area contributed by atoms with Gasteiger partial charge in [0.1, 0.15) is 0 Å². The first-order valence-electron chi connectivity index (χ1n) is 0.881. The van der Waals surface area contributed by atoms with Gasteiger partial charge in [-0.1, -0.05) is 3.89 Å². The molecule has 7 heavy (non-hydrogen) atoms. The predicted molar refractivity (Wildman–Crippen MR) is 15.4 cm³/mol. The van der Waals surface area contributed by atoms with Crippen molar-refractivity contribution in [1.82, 2.24) is 4.94 Å². The Morgan fingerprint density at radius 2 is 1.71 bits per heavy atom. The van der Waals surface area contributed by atoms with Gasteiger partial charge in [-0.2, -0.15) is 8.42 Å². The molecule has 0 aliphatic rings. The Hall–Kier alpha value is 0.770. The SMILES string of the molecule is O=S(=O)(F)NF.[H-].[Na+]. The van der Waals surface area contributed by atoms with Crippen molar-refractivity contribution in [2.45, 2.75) is 0 Å². The predicted octanol–water partition coefficient (Wildman–Crippen LogP) is -3.21. The van der Waals surface area contributed by atoms with Crippen LogP contribution in [0.25, 0.3) is 0 Å². The number of hydrogen-bond donors (Lipinski definition) is 1. The van der Waals surface area contributed by atoms with E-state index in [0.717, 1.165) is 0 Å². The molecule has 0 heterocycles. The smallest absolute Gasteiger partial charge is 1.00 e. The fraction of sp³-hybridized carbons (Fsp3) is 0. The molecule has 7 heteroatoms. The molecule has 0 aliphatic heterocycles. The second kappa shape index (κ2) is 3.73. The van der Waals surface area contributed by atoms with E-state index < -0.39 is 10.4 Å². The van der Waals surface area contributed by atoms with Gasteiger partial charge in [0.15, 0.2) is 0 Å². The van der Waals surface area contributed by atoms with Crippen molar-refractivity contribution in [3.63, 3.8) is 0 Å².